The van der Waals surface area contributed by atoms with Gasteiger partial charge in [0.05, 0.1) is 15.6 Å². The van der Waals surface area contributed by atoms with E-state index >= 15 is 0 Å². The van der Waals surface area contributed by atoms with E-state index in [1.807, 2.05) is 37.3 Å². The van der Waals surface area contributed by atoms with Crippen molar-refractivity contribution < 1.29 is 23.9 Å². The molecule has 2 aliphatic heterocycles. The summed E-state index contributed by atoms with van der Waals surface area (Å²) in [5.41, 5.74) is 2.94. The number of nitrogens with zero attached hydrogens (tertiary/aromatic N) is 2. The molecular weight excluding hydrogens is 591 g/mol. The molecule has 2 fully saturated rings. The molecule has 0 bridgehead atoms. The number of benzene rings is 2. The number of amides is 3. The first-order valence-electron chi connectivity index (χ1n) is 11.8. The van der Waals surface area contributed by atoms with Gasteiger partial charge in [0.2, 0.25) is 5.91 Å². The Morgan fingerprint density at radius 1 is 1.17 bits per heavy atom. The van der Waals surface area contributed by atoms with Crippen LogP contribution in [0.4, 0.5) is 4.79 Å². The van der Waals surface area contributed by atoms with E-state index in [-0.39, 0.29) is 17.4 Å². The quantitative estimate of drug-likeness (QED) is 0.302. The van der Waals surface area contributed by atoms with E-state index in [9.17, 15) is 14.4 Å². The molecule has 0 unspecified atom stereocenters. The maximum absolute atomic E-state index is 13.0. The molecule has 0 saturated carbocycles. The minimum atomic E-state index is -0.447. The van der Waals surface area contributed by atoms with Crippen molar-refractivity contribution in [3.8, 4) is 11.5 Å². The van der Waals surface area contributed by atoms with Gasteiger partial charge in [-0.3, -0.25) is 19.3 Å². The summed E-state index contributed by atoms with van der Waals surface area (Å²) in [7, 11) is 1.56. The minimum absolute atomic E-state index is 0.184. The zero-order valence-corrected chi connectivity index (χ0v) is 23.6. The largest absolute Gasteiger partial charge is 0.493 e. The van der Waals surface area contributed by atoms with Crippen molar-refractivity contribution in [1.29, 1.82) is 0 Å². The van der Waals surface area contributed by atoms with Crippen LogP contribution in [0.1, 0.15) is 36.5 Å². The summed E-state index contributed by atoms with van der Waals surface area (Å²) in [5.74, 6) is 1.11. The molecule has 2 heterocycles. The summed E-state index contributed by atoms with van der Waals surface area (Å²) >= 11 is 3.02. The maximum atomic E-state index is 13.0. The van der Waals surface area contributed by atoms with Crippen LogP contribution in [0, 0.1) is 16.4 Å². The van der Waals surface area contributed by atoms with Gasteiger partial charge in [-0.15, -0.1) is 0 Å². The van der Waals surface area contributed by atoms with E-state index in [4.69, 9.17) is 9.47 Å². The number of hydrogen-bond acceptors (Lipinski definition) is 6. The fourth-order valence-electron chi connectivity index (χ4n) is 4.08. The summed E-state index contributed by atoms with van der Waals surface area (Å²) in [6, 6.07) is 11.8. The average Bonchev–Trinajstić information content (AvgIpc) is 3.11. The summed E-state index contributed by atoms with van der Waals surface area (Å²) < 4.78 is 12.4. The second-order valence-corrected chi connectivity index (χ2v) is 11.3. The Balaban J connectivity index is 1.46. The number of halogens is 1. The number of ether oxygens (including phenoxy) is 2. The minimum Gasteiger partial charge on any atom is -0.493 e. The van der Waals surface area contributed by atoms with Gasteiger partial charge in [-0.1, -0.05) is 36.8 Å². The number of imide groups is 1. The smallest absolute Gasteiger partial charge is 0.294 e. The highest BCUT2D eigenvalue weighted by Gasteiger charge is 2.37. The lowest BCUT2D eigenvalue weighted by Crippen LogP contribution is -2.45. The highest BCUT2D eigenvalue weighted by molar-refractivity contribution is 14.1. The third kappa shape index (κ3) is 6.23. The monoisotopic (exact) mass is 620 g/mol. The molecule has 0 radical (unpaired) electrons. The first kappa shape index (κ1) is 26.5. The summed E-state index contributed by atoms with van der Waals surface area (Å²) in [4.78, 5) is 41.3. The van der Waals surface area contributed by atoms with Crippen LogP contribution in [0.25, 0.3) is 6.08 Å². The topological polar surface area (TPSA) is 76.2 Å². The Bertz CT molecular complexity index is 1190. The number of carbonyl (C=O) groups is 3. The first-order valence-corrected chi connectivity index (χ1v) is 13.7. The predicted octanol–water partition coefficient (Wildman–Crippen LogP) is 5.48. The van der Waals surface area contributed by atoms with Crippen molar-refractivity contribution in [3.05, 3.63) is 61.6 Å². The normalized spacial score (nSPS) is 17.7. The SMILES string of the molecule is COc1cc(/C=C2\SC(=O)N(CC(=O)N3CCC(C)CC3)C2=O)cc(I)c1OCc1ccc(C)cc1. The Kier molecular flexibility index (Phi) is 8.61. The van der Waals surface area contributed by atoms with Gasteiger partial charge in [0.1, 0.15) is 13.2 Å². The van der Waals surface area contributed by atoms with Crippen LogP contribution < -0.4 is 9.47 Å². The Morgan fingerprint density at radius 2 is 1.86 bits per heavy atom. The standard InChI is InChI=1S/C27H29IN2O5S/c1-17-4-6-19(7-5-17)16-35-25-21(28)12-20(13-22(25)34-3)14-23-26(32)30(27(33)36-23)15-24(31)29-10-8-18(2)9-11-29/h4-7,12-14,18H,8-11,15-16H2,1-3H3/b23-14-. The van der Waals surface area contributed by atoms with Crippen LogP contribution in [0.3, 0.4) is 0 Å². The Labute approximate surface area is 229 Å². The van der Waals surface area contributed by atoms with Crippen LogP contribution >= 0.6 is 34.4 Å². The molecule has 190 valence electrons. The molecule has 0 aromatic heterocycles. The van der Waals surface area contributed by atoms with E-state index in [0.29, 0.717) is 42.7 Å². The highest BCUT2D eigenvalue weighted by Crippen LogP contribution is 2.37. The molecule has 0 N–H and O–H groups in total. The lowest BCUT2D eigenvalue weighted by atomic mass is 9.99. The second kappa shape index (κ2) is 11.7. The average molecular weight is 621 g/mol. The number of thioether (sulfide) groups is 1. The molecule has 4 rings (SSSR count). The van der Waals surface area contributed by atoms with Crippen LogP contribution in [0.5, 0.6) is 11.5 Å². The Hall–Kier alpha value is -2.53. The van der Waals surface area contributed by atoms with Crippen molar-refractivity contribution in [3.63, 3.8) is 0 Å². The van der Waals surface area contributed by atoms with Crippen LogP contribution in [-0.2, 0) is 16.2 Å². The van der Waals surface area contributed by atoms with Crippen LogP contribution in [0.2, 0.25) is 0 Å². The predicted molar refractivity (Wildman–Crippen MR) is 149 cm³/mol. The molecule has 9 heteroatoms. The van der Waals surface area contributed by atoms with Gasteiger partial charge in [0.15, 0.2) is 11.5 Å². The number of rotatable bonds is 7. The van der Waals surface area contributed by atoms with Crippen molar-refractivity contribution in [2.45, 2.75) is 33.3 Å². The van der Waals surface area contributed by atoms with Gasteiger partial charge < -0.3 is 14.4 Å². The molecule has 36 heavy (non-hydrogen) atoms. The number of likely N-dealkylation sites (tertiary alicyclic amines) is 1. The van der Waals surface area contributed by atoms with Crippen molar-refractivity contribution >= 4 is 57.5 Å². The van der Waals surface area contributed by atoms with Gasteiger partial charge in [-0.25, -0.2) is 0 Å². The maximum Gasteiger partial charge on any atom is 0.294 e. The van der Waals surface area contributed by atoms with Gasteiger partial charge in [-0.2, -0.15) is 0 Å². The molecule has 2 aromatic carbocycles. The summed E-state index contributed by atoms with van der Waals surface area (Å²) in [6.45, 7) is 5.72. The summed E-state index contributed by atoms with van der Waals surface area (Å²) in [5, 5.41) is -0.426. The highest BCUT2D eigenvalue weighted by atomic mass is 127. The molecule has 2 aliphatic rings. The van der Waals surface area contributed by atoms with E-state index in [1.165, 1.54) is 5.56 Å². The second-order valence-electron chi connectivity index (χ2n) is 9.14. The van der Waals surface area contributed by atoms with Crippen LogP contribution in [0.15, 0.2) is 41.3 Å². The number of carbonyl (C=O) groups excluding carboxylic acids is 3. The van der Waals surface area contributed by atoms with E-state index in [1.54, 1.807) is 24.2 Å². The van der Waals surface area contributed by atoms with Gasteiger partial charge in [0, 0.05) is 13.1 Å². The molecule has 7 nitrogen and oxygen atoms in total. The van der Waals surface area contributed by atoms with Crippen molar-refractivity contribution in [1.82, 2.24) is 9.80 Å². The number of hydrogen-bond donors (Lipinski definition) is 0. The van der Waals surface area contributed by atoms with Gasteiger partial charge in [-0.05, 0) is 89.4 Å². The molecule has 2 saturated heterocycles. The van der Waals surface area contributed by atoms with Gasteiger partial charge >= 0.3 is 0 Å². The molecule has 2 aromatic rings. The van der Waals surface area contributed by atoms with Gasteiger partial charge in [0.25, 0.3) is 11.1 Å². The lowest BCUT2D eigenvalue weighted by molar-refractivity contribution is -0.136. The van der Waals surface area contributed by atoms with Crippen molar-refractivity contribution in [2.24, 2.45) is 5.92 Å². The summed E-state index contributed by atoms with van der Waals surface area (Å²) in [6.07, 6.45) is 3.55. The molecule has 0 atom stereocenters. The number of methoxy groups -OCH3 is 1. The van der Waals surface area contributed by atoms with E-state index < -0.39 is 11.1 Å². The first-order chi connectivity index (χ1) is 17.2. The third-order valence-electron chi connectivity index (χ3n) is 6.36. The third-order valence-corrected chi connectivity index (χ3v) is 8.07. The zero-order valence-electron chi connectivity index (χ0n) is 20.6. The zero-order chi connectivity index (χ0) is 25.8. The molecule has 3 amide bonds. The van der Waals surface area contributed by atoms with Crippen molar-refractivity contribution in [2.75, 3.05) is 26.7 Å². The fourth-order valence-corrected chi connectivity index (χ4v) is 5.70. The number of piperidine rings is 1. The number of aryl methyl sites for hydroxylation is 1. The lowest BCUT2D eigenvalue weighted by Gasteiger charge is -2.31. The van der Waals surface area contributed by atoms with Crippen LogP contribution in [-0.4, -0.2) is 53.6 Å². The van der Waals surface area contributed by atoms with E-state index in [0.717, 1.165) is 38.6 Å². The molecular formula is C27H29IN2O5S. The Morgan fingerprint density at radius 3 is 2.53 bits per heavy atom. The molecule has 0 aliphatic carbocycles. The fraction of sp³-hybridized carbons (Fsp3) is 0.370. The molecule has 0 spiro atoms. The van der Waals surface area contributed by atoms with E-state index in [2.05, 4.69) is 29.5 Å².